The van der Waals surface area contributed by atoms with Gasteiger partial charge in [-0.3, -0.25) is 4.84 Å². The van der Waals surface area contributed by atoms with Gasteiger partial charge in [0.05, 0.1) is 13.7 Å². The van der Waals surface area contributed by atoms with E-state index in [-0.39, 0.29) is 18.3 Å². The monoisotopic (exact) mass is 213 g/mol. The molecule has 84 valence electrons. The number of hydrogen-bond acceptors (Lipinski definition) is 3. The van der Waals surface area contributed by atoms with E-state index in [0.29, 0.717) is 5.75 Å². The Kier molecular flexibility index (Phi) is 4.05. The minimum absolute atomic E-state index is 0.182. The third kappa shape index (κ3) is 2.67. The van der Waals surface area contributed by atoms with Crippen LogP contribution in [0.1, 0.15) is 30.9 Å². The van der Waals surface area contributed by atoms with Crippen LogP contribution in [-0.4, -0.2) is 7.11 Å². The van der Waals surface area contributed by atoms with Gasteiger partial charge in [0.2, 0.25) is 0 Å². The maximum Gasteiger partial charge on any atom is 0.127 e. The lowest BCUT2D eigenvalue weighted by Crippen LogP contribution is -2.06. The zero-order valence-corrected chi connectivity index (χ0v) is 9.21. The number of halogens is 1. The molecule has 0 fully saturated rings. The summed E-state index contributed by atoms with van der Waals surface area (Å²) in [6.45, 7) is 4.20. The van der Waals surface area contributed by atoms with Gasteiger partial charge in [0, 0.05) is 11.6 Å². The van der Waals surface area contributed by atoms with E-state index in [4.69, 9.17) is 10.6 Å². The maximum atomic E-state index is 13.2. The summed E-state index contributed by atoms with van der Waals surface area (Å²) in [7, 11) is 1.52. The summed E-state index contributed by atoms with van der Waals surface area (Å²) in [5.74, 6) is 5.43. The first kappa shape index (κ1) is 11.9. The highest BCUT2D eigenvalue weighted by Gasteiger charge is 2.14. The third-order valence-electron chi connectivity index (χ3n) is 2.23. The lowest BCUT2D eigenvalue weighted by Gasteiger charge is -2.16. The molecule has 0 unspecified atom stereocenters. The predicted molar refractivity (Wildman–Crippen MR) is 56.0 cm³/mol. The van der Waals surface area contributed by atoms with Crippen molar-refractivity contribution in [2.75, 3.05) is 7.11 Å². The fraction of sp³-hybridized carbons (Fsp3) is 0.455. The Labute approximate surface area is 88.9 Å². The minimum Gasteiger partial charge on any atom is -0.496 e. The van der Waals surface area contributed by atoms with Crippen LogP contribution in [0, 0.1) is 5.82 Å². The van der Waals surface area contributed by atoms with Crippen LogP contribution < -0.4 is 10.6 Å². The molecule has 0 aromatic heterocycles. The number of rotatable bonds is 4. The molecule has 0 spiro atoms. The molecule has 4 heteroatoms. The Hall–Kier alpha value is -1.13. The average molecular weight is 213 g/mol. The van der Waals surface area contributed by atoms with Gasteiger partial charge in [-0.05, 0) is 17.5 Å². The highest BCUT2D eigenvalue weighted by Crippen LogP contribution is 2.31. The summed E-state index contributed by atoms with van der Waals surface area (Å²) >= 11 is 0. The highest BCUT2D eigenvalue weighted by atomic mass is 19.1. The summed E-state index contributed by atoms with van der Waals surface area (Å²) in [5.41, 5.74) is 1.66. The van der Waals surface area contributed by atoms with Crippen molar-refractivity contribution < 1.29 is 14.0 Å². The van der Waals surface area contributed by atoms with Crippen LogP contribution in [0.5, 0.6) is 5.75 Å². The molecule has 0 heterocycles. The van der Waals surface area contributed by atoms with Crippen molar-refractivity contribution in [2.24, 2.45) is 5.90 Å². The van der Waals surface area contributed by atoms with Crippen molar-refractivity contribution in [3.8, 4) is 5.75 Å². The topological polar surface area (TPSA) is 44.5 Å². The zero-order valence-electron chi connectivity index (χ0n) is 9.21. The van der Waals surface area contributed by atoms with E-state index in [1.54, 1.807) is 0 Å². The molecule has 0 aliphatic rings. The van der Waals surface area contributed by atoms with Crippen LogP contribution in [0.3, 0.4) is 0 Å². The Bertz CT molecular complexity index is 340. The van der Waals surface area contributed by atoms with Gasteiger partial charge in [0.15, 0.2) is 0 Å². The second-order valence-electron chi connectivity index (χ2n) is 3.65. The Morgan fingerprint density at radius 1 is 1.40 bits per heavy atom. The molecule has 0 saturated carbocycles. The van der Waals surface area contributed by atoms with E-state index in [0.717, 1.165) is 11.1 Å². The fourth-order valence-electron chi connectivity index (χ4n) is 1.68. The normalized spacial score (nSPS) is 10.8. The van der Waals surface area contributed by atoms with E-state index in [2.05, 4.69) is 4.84 Å². The van der Waals surface area contributed by atoms with Crippen LogP contribution in [-0.2, 0) is 11.4 Å². The van der Waals surface area contributed by atoms with Crippen molar-refractivity contribution in [2.45, 2.75) is 26.4 Å². The molecule has 0 saturated heterocycles. The number of ether oxygens (including phenoxy) is 1. The molecule has 0 amide bonds. The molecule has 2 N–H and O–H groups in total. The molecule has 3 nitrogen and oxygen atoms in total. The largest absolute Gasteiger partial charge is 0.496 e. The first-order valence-corrected chi connectivity index (χ1v) is 4.78. The zero-order chi connectivity index (χ0) is 11.4. The lowest BCUT2D eigenvalue weighted by molar-refractivity contribution is 0.123. The lowest BCUT2D eigenvalue weighted by atomic mass is 9.96. The first-order valence-electron chi connectivity index (χ1n) is 4.78. The van der Waals surface area contributed by atoms with Crippen LogP contribution in [0.15, 0.2) is 12.1 Å². The summed E-state index contributed by atoms with van der Waals surface area (Å²) in [6.07, 6.45) is 0. The fourth-order valence-corrected chi connectivity index (χ4v) is 1.68. The van der Waals surface area contributed by atoms with Gasteiger partial charge in [0.1, 0.15) is 11.6 Å². The van der Waals surface area contributed by atoms with E-state index in [1.165, 1.54) is 19.2 Å². The minimum atomic E-state index is -0.344. The van der Waals surface area contributed by atoms with Crippen LogP contribution in [0.4, 0.5) is 4.39 Å². The van der Waals surface area contributed by atoms with E-state index < -0.39 is 0 Å². The number of benzene rings is 1. The van der Waals surface area contributed by atoms with Crippen molar-refractivity contribution in [1.82, 2.24) is 0 Å². The molecule has 1 rings (SSSR count). The van der Waals surface area contributed by atoms with Gasteiger partial charge in [0.25, 0.3) is 0 Å². The molecule has 0 radical (unpaired) electrons. The van der Waals surface area contributed by atoms with Crippen LogP contribution in [0.25, 0.3) is 0 Å². The van der Waals surface area contributed by atoms with E-state index >= 15 is 0 Å². The second kappa shape index (κ2) is 5.09. The van der Waals surface area contributed by atoms with E-state index in [1.807, 2.05) is 13.8 Å². The number of nitrogens with two attached hydrogens (primary N) is 1. The van der Waals surface area contributed by atoms with Gasteiger partial charge < -0.3 is 4.74 Å². The highest BCUT2D eigenvalue weighted by molar-refractivity contribution is 5.42. The molecular weight excluding hydrogens is 197 g/mol. The molecule has 0 atom stereocenters. The standard InChI is InChI=1S/C11H16FNO2/c1-7(2)11-8(6-15-13)4-9(12)5-10(11)14-3/h4-5,7H,6,13H2,1-3H3. The molecular formula is C11H16FNO2. The third-order valence-corrected chi connectivity index (χ3v) is 2.23. The van der Waals surface area contributed by atoms with Gasteiger partial charge in [-0.15, -0.1) is 0 Å². The summed E-state index contributed by atoms with van der Waals surface area (Å²) < 4.78 is 18.3. The van der Waals surface area contributed by atoms with Gasteiger partial charge >= 0.3 is 0 Å². The van der Waals surface area contributed by atoms with Crippen molar-refractivity contribution >= 4 is 0 Å². The molecule has 15 heavy (non-hydrogen) atoms. The smallest absolute Gasteiger partial charge is 0.127 e. The van der Waals surface area contributed by atoms with Crippen molar-refractivity contribution in [3.05, 3.63) is 29.1 Å². The number of methoxy groups -OCH3 is 1. The Balaban J connectivity index is 3.26. The SMILES string of the molecule is COc1cc(F)cc(CON)c1C(C)C. The maximum absolute atomic E-state index is 13.2. The molecule has 0 bridgehead atoms. The molecule has 0 aliphatic carbocycles. The van der Waals surface area contributed by atoms with Gasteiger partial charge in [-0.1, -0.05) is 13.8 Å². The van der Waals surface area contributed by atoms with Crippen LogP contribution in [0.2, 0.25) is 0 Å². The number of hydrogen-bond donors (Lipinski definition) is 1. The Morgan fingerprint density at radius 2 is 2.07 bits per heavy atom. The first-order chi connectivity index (χ1) is 7.10. The summed E-state index contributed by atoms with van der Waals surface area (Å²) in [5, 5.41) is 0. The van der Waals surface area contributed by atoms with Gasteiger partial charge in [-0.25, -0.2) is 10.3 Å². The van der Waals surface area contributed by atoms with Crippen molar-refractivity contribution in [1.29, 1.82) is 0 Å². The summed E-state index contributed by atoms with van der Waals surface area (Å²) in [4.78, 5) is 4.55. The van der Waals surface area contributed by atoms with E-state index in [9.17, 15) is 4.39 Å². The molecule has 1 aromatic carbocycles. The molecule has 0 aliphatic heterocycles. The molecule has 1 aromatic rings. The van der Waals surface area contributed by atoms with Crippen molar-refractivity contribution in [3.63, 3.8) is 0 Å². The van der Waals surface area contributed by atoms with Crippen LogP contribution >= 0.6 is 0 Å². The Morgan fingerprint density at radius 3 is 2.53 bits per heavy atom. The predicted octanol–water partition coefficient (Wildman–Crippen LogP) is 2.35. The average Bonchev–Trinajstić information content (AvgIpc) is 2.16. The quantitative estimate of drug-likeness (QED) is 0.781. The van der Waals surface area contributed by atoms with Gasteiger partial charge in [-0.2, -0.15) is 0 Å². The summed E-state index contributed by atoms with van der Waals surface area (Å²) in [6, 6.07) is 2.79. The second-order valence-corrected chi connectivity index (χ2v) is 3.65.